The largest absolute Gasteiger partial charge is 0.487 e. The summed E-state index contributed by atoms with van der Waals surface area (Å²) in [7, 11) is 0. The molecule has 1 saturated carbocycles. The van der Waals surface area contributed by atoms with Crippen molar-refractivity contribution in [1.82, 2.24) is 0 Å². The first kappa shape index (κ1) is 13.0. The minimum Gasteiger partial charge on any atom is -0.487 e. The van der Waals surface area contributed by atoms with E-state index in [1.54, 1.807) is 0 Å². The Bertz CT molecular complexity index is 498. The number of hydrogen-bond donors (Lipinski definition) is 1. The van der Waals surface area contributed by atoms with Gasteiger partial charge in [0.2, 0.25) is 0 Å². The van der Waals surface area contributed by atoms with Crippen molar-refractivity contribution in [2.75, 3.05) is 0 Å². The van der Waals surface area contributed by atoms with Crippen molar-refractivity contribution in [3.05, 3.63) is 28.8 Å². The molecule has 1 fully saturated rings. The van der Waals surface area contributed by atoms with Crippen molar-refractivity contribution in [2.24, 2.45) is 5.73 Å². The molecule has 104 valence electrons. The van der Waals surface area contributed by atoms with Crippen molar-refractivity contribution >= 4 is 0 Å². The highest BCUT2D eigenvalue weighted by molar-refractivity contribution is 5.47. The van der Waals surface area contributed by atoms with Crippen molar-refractivity contribution in [3.8, 4) is 5.75 Å². The highest BCUT2D eigenvalue weighted by Crippen LogP contribution is 2.48. The van der Waals surface area contributed by atoms with Gasteiger partial charge in [-0.05, 0) is 63.6 Å². The maximum Gasteiger partial charge on any atom is 0.125 e. The normalized spacial score (nSPS) is 28.8. The monoisotopic (exact) mass is 259 g/mol. The molecule has 19 heavy (non-hydrogen) atoms. The van der Waals surface area contributed by atoms with Crippen molar-refractivity contribution in [2.45, 2.75) is 70.4 Å². The summed E-state index contributed by atoms with van der Waals surface area (Å²) < 4.78 is 6.45. The van der Waals surface area contributed by atoms with Gasteiger partial charge < -0.3 is 10.5 Å². The second-order valence-corrected chi connectivity index (χ2v) is 6.87. The van der Waals surface area contributed by atoms with Crippen LogP contribution in [0, 0.1) is 13.8 Å². The summed E-state index contributed by atoms with van der Waals surface area (Å²) in [4.78, 5) is 0. The van der Waals surface area contributed by atoms with Gasteiger partial charge in [-0.1, -0.05) is 12.5 Å². The molecule has 2 nitrogen and oxygen atoms in total. The van der Waals surface area contributed by atoms with E-state index in [1.807, 2.05) is 0 Å². The smallest absolute Gasteiger partial charge is 0.125 e. The maximum atomic E-state index is 6.63. The number of ether oxygens (including phenoxy) is 1. The second-order valence-electron chi connectivity index (χ2n) is 6.87. The molecule has 3 rings (SSSR count). The lowest BCUT2D eigenvalue weighted by molar-refractivity contribution is -0.0147. The SMILES string of the molecule is Cc1cc2c(cc1C)C(C)(N)CC1(CCCCC1)O2. The number of benzene rings is 1. The zero-order valence-electron chi connectivity index (χ0n) is 12.4. The Kier molecular flexibility index (Phi) is 2.90. The fourth-order valence-corrected chi connectivity index (χ4v) is 3.83. The van der Waals surface area contributed by atoms with Gasteiger partial charge in [-0.3, -0.25) is 0 Å². The molecular formula is C17H25NO. The van der Waals surface area contributed by atoms with Crippen LogP contribution in [0.1, 0.15) is 62.1 Å². The third kappa shape index (κ3) is 2.16. The van der Waals surface area contributed by atoms with Crippen LogP contribution in [-0.2, 0) is 5.54 Å². The molecule has 1 aromatic rings. The fraction of sp³-hybridized carbons (Fsp3) is 0.647. The Morgan fingerprint density at radius 3 is 2.37 bits per heavy atom. The molecule has 1 spiro atoms. The van der Waals surface area contributed by atoms with E-state index >= 15 is 0 Å². The molecule has 2 N–H and O–H groups in total. The highest BCUT2D eigenvalue weighted by atomic mass is 16.5. The van der Waals surface area contributed by atoms with E-state index in [2.05, 4.69) is 32.9 Å². The molecule has 0 radical (unpaired) electrons. The molecule has 1 aliphatic heterocycles. The fourth-order valence-electron chi connectivity index (χ4n) is 3.83. The molecule has 0 saturated heterocycles. The first-order valence-corrected chi connectivity index (χ1v) is 7.52. The third-order valence-electron chi connectivity index (χ3n) is 4.99. The van der Waals surface area contributed by atoms with Crippen LogP contribution in [0.25, 0.3) is 0 Å². The topological polar surface area (TPSA) is 35.2 Å². The van der Waals surface area contributed by atoms with Crippen LogP contribution in [0.15, 0.2) is 12.1 Å². The molecule has 1 aliphatic carbocycles. The lowest BCUT2D eigenvalue weighted by Gasteiger charge is -2.48. The van der Waals surface area contributed by atoms with Gasteiger partial charge in [-0.2, -0.15) is 0 Å². The average molecular weight is 259 g/mol. The van der Waals surface area contributed by atoms with Gasteiger partial charge in [0.05, 0.1) is 0 Å². The van der Waals surface area contributed by atoms with Crippen LogP contribution in [0.4, 0.5) is 0 Å². The molecular weight excluding hydrogens is 234 g/mol. The third-order valence-corrected chi connectivity index (χ3v) is 4.99. The lowest BCUT2D eigenvalue weighted by Crippen LogP contribution is -2.51. The molecule has 1 unspecified atom stereocenters. The van der Waals surface area contributed by atoms with Gasteiger partial charge in [0.25, 0.3) is 0 Å². The minimum atomic E-state index is -0.261. The minimum absolute atomic E-state index is 0.00352. The summed E-state index contributed by atoms with van der Waals surface area (Å²) in [5.41, 5.74) is 10.2. The lowest BCUT2D eigenvalue weighted by atomic mass is 9.71. The predicted octanol–water partition coefficient (Wildman–Crippen LogP) is 3.96. The van der Waals surface area contributed by atoms with Crippen LogP contribution >= 0.6 is 0 Å². The van der Waals surface area contributed by atoms with E-state index in [9.17, 15) is 0 Å². The molecule has 0 aromatic heterocycles. The van der Waals surface area contributed by atoms with Gasteiger partial charge in [-0.15, -0.1) is 0 Å². The summed E-state index contributed by atoms with van der Waals surface area (Å²) in [5.74, 6) is 1.03. The number of rotatable bonds is 0. The predicted molar refractivity (Wildman–Crippen MR) is 78.5 cm³/mol. The first-order chi connectivity index (χ1) is 8.92. The standard InChI is InChI=1S/C17H25NO/c1-12-9-14-15(10-13(12)2)19-17(11-16(14,3)18)7-5-4-6-8-17/h9-10H,4-8,11,18H2,1-3H3. The Hall–Kier alpha value is -1.02. The van der Waals surface area contributed by atoms with E-state index in [4.69, 9.17) is 10.5 Å². The van der Waals surface area contributed by atoms with E-state index in [1.165, 1.54) is 36.0 Å². The van der Waals surface area contributed by atoms with Crippen LogP contribution in [0.5, 0.6) is 5.75 Å². The van der Waals surface area contributed by atoms with Crippen LogP contribution in [0.2, 0.25) is 0 Å². The Balaban J connectivity index is 2.06. The number of aryl methyl sites for hydroxylation is 2. The quantitative estimate of drug-likeness (QED) is 0.765. The van der Waals surface area contributed by atoms with E-state index in [0.29, 0.717) is 0 Å². The number of fused-ring (bicyclic) bond motifs is 1. The maximum absolute atomic E-state index is 6.63. The summed E-state index contributed by atoms with van der Waals surface area (Å²) in [6.07, 6.45) is 7.16. The van der Waals surface area contributed by atoms with Gasteiger partial charge in [0, 0.05) is 17.5 Å². The zero-order chi connectivity index (χ0) is 13.7. The van der Waals surface area contributed by atoms with E-state index in [0.717, 1.165) is 25.0 Å². The highest BCUT2D eigenvalue weighted by Gasteiger charge is 2.45. The molecule has 2 aliphatic rings. The summed E-state index contributed by atoms with van der Waals surface area (Å²) in [6, 6.07) is 4.41. The number of hydrogen-bond acceptors (Lipinski definition) is 2. The van der Waals surface area contributed by atoms with Crippen LogP contribution in [-0.4, -0.2) is 5.60 Å². The zero-order valence-corrected chi connectivity index (χ0v) is 12.4. The van der Waals surface area contributed by atoms with Gasteiger partial charge in [0.1, 0.15) is 11.4 Å². The molecule has 1 aromatic carbocycles. The summed E-state index contributed by atoms with van der Waals surface area (Å²) >= 11 is 0. The molecule has 0 bridgehead atoms. The molecule has 2 heteroatoms. The van der Waals surface area contributed by atoms with Crippen molar-refractivity contribution in [3.63, 3.8) is 0 Å². The first-order valence-electron chi connectivity index (χ1n) is 7.52. The summed E-state index contributed by atoms with van der Waals surface area (Å²) in [5, 5.41) is 0. The van der Waals surface area contributed by atoms with Gasteiger partial charge >= 0.3 is 0 Å². The Labute approximate surface area is 116 Å². The number of nitrogens with two attached hydrogens (primary N) is 1. The molecule has 1 atom stereocenters. The summed E-state index contributed by atoms with van der Waals surface area (Å²) in [6.45, 7) is 6.46. The molecule has 0 amide bonds. The molecule has 1 heterocycles. The van der Waals surface area contributed by atoms with Crippen LogP contribution < -0.4 is 10.5 Å². The Morgan fingerprint density at radius 2 is 1.68 bits per heavy atom. The van der Waals surface area contributed by atoms with E-state index in [-0.39, 0.29) is 11.1 Å². The van der Waals surface area contributed by atoms with Gasteiger partial charge in [0.15, 0.2) is 0 Å². The Morgan fingerprint density at radius 1 is 1.05 bits per heavy atom. The van der Waals surface area contributed by atoms with Crippen LogP contribution in [0.3, 0.4) is 0 Å². The van der Waals surface area contributed by atoms with Crippen molar-refractivity contribution < 1.29 is 4.74 Å². The second kappa shape index (κ2) is 4.24. The van der Waals surface area contributed by atoms with Gasteiger partial charge in [-0.25, -0.2) is 0 Å². The van der Waals surface area contributed by atoms with E-state index < -0.39 is 0 Å². The average Bonchev–Trinajstić information content (AvgIpc) is 2.32. The van der Waals surface area contributed by atoms with Crippen molar-refractivity contribution in [1.29, 1.82) is 0 Å².